The molecule has 0 atom stereocenters. The van der Waals surface area contributed by atoms with Crippen LogP contribution in [-0.4, -0.2) is 90.7 Å². The van der Waals surface area contributed by atoms with E-state index in [0.29, 0.717) is 37.6 Å². The van der Waals surface area contributed by atoms with E-state index in [2.05, 4.69) is 309 Å². The third-order valence-electron chi connectivity index (χ3n) is 20.0. The number of nitrogens with zero attached hydrogens (tertiary/aromatic N) is 20. The van der Waals surface area contributed by atoms with Gasteiger partial charge in [-0.05, 0) is 145 Å². The summed E-state index contributed by atoms with van der Waals surface area (Å²) in [4.78, 5) is 18.4. The Labute approximate surface area is 699 Å². The Kier molecular flexibility index (Phi) is 28.6. The molecule has 0 fully saturated rings. The van der Waals surface area contributed by atoms with Gasteiger partial charge in [-0.25, -0.2) is 31.1 Å². The first-order valence-electron chi connectivity index (χ1n) is 38.0. The van der Waals surface area contributed by atoms with Gasteiger partial charge in [0, 0.05) is 92.2 Å². The number of hydrogen-bond acceptors (Lipinski definition) is 14. The summed E-state index contributed by atoms with van der Waals surface area (Å²) in [5.41, 5.74) is 22.0. The van der Waals surface area contributed by atoms with Crippen LogP contribution in [0.3, 0.4) is 0 Å². The fourth-order valence-corrected chi connectivity index (χ4v) is 13.6. The van der Waals surface area contributed by atoms with Crippen molar-refractivity contribution in [3.8, 4) is 22.8 Å². The molecule has 4 aliphatic rings. The second kappa shape index (κ2) is 39.8. The van der Waals surface area contributed by atoms with Crippen molar-refractivity contribution in [2.45, 2.75) is 93.4 Å². The van der Waals surface area contributed by atoms with E-state index in [0.717, 1.165) is 97.1 Å². The molecule has 22 heteroatoms. The van der Waals surface area contributed by atoms with E-state index >= 15 is 0 Å². The van der Waals surface area contributed by atoms with Crippen molar-refractivity contribution in [3.05, 3.63) is 375 Å². The second-order valence-corrected chi connectivity index (χ2v) is 27.7. The summed E-state index contributed by atoms with van der Waals surface area (Å²) in [5, 5.41) is 25.7. The number of benzene rings is 9. The number of aromatic nitrogens is 12. The number of unbranched alkanes of at least 4 members (excludes halogenated alkanes) is 2. The molecule has 9 aromatic carbocycles. The minimum Gasteiger partial charge on any atom is -0.505 e. The van der Waals surface area contributed by atoms with Gasteiger partial charge in [0.05, 0.1) is 14.1 Å². The van der Waals surface area contributed by atoms with Crippen LogP contribution in [0.15, 0.2) is 277 Å². The molecule has 0 unspecified atom stereocenters. The van der Waals surface area contributed by atoms with Gasteiger partial charge in [-0.3, -0.25) is 10.2 Å². The summed E-state index contributed by atoms with van der Waals surface area (Å²) >= 11 is 0. The fraction of sp³-hybridized carbons (Fsp3) is 0.217. The van der Waals surface area contributed by atoms with Crippen molar-refractivity contribution >= 4 is 34.1 Å². The normalized spacial score (nSPS) is 13.7. The smallest absolute Gasteiger partial charge is 0.116 e. The maximum absolute atomic E-state index is 4.46. The molecular formula is C92H92Ir2N20-10. The first-order valence-corrected chi connectivity index (χ1v) is 38.0. The van der Waals surface area contributed by atoms with Crippen LogP contribution in [0.1, 0.15) is 89.5 Å². The molecule has 4 aliphatic heterocycles. The van der Waals surface area contributed by atoms with Gasteiger partial charge in [0.25, 0.3) is 0 Å². The van der Waals surface area contributed by atoms with Crippen LogP contribution >= 0.6 is 0 Å². The third kappa shape index (κ3) is 20.6. The van der Waals surface area contributed by atoms with Crippen LogP contribution in [0.5, 0.6) is 0 Å². The monoisotopic (exact) mass is 1860 g/mol. The zero-order chi connectivity index (χ0) is 77.1. The van der Waals surface area contributed by atoms with Crippen molar-refractivity contribution in [1.82, 2.24) is 64.5 Å². The Balaban J connectivity index is 0.000000140. The van der Waals surface area contributed by atoms with E-state index < -0.39 is 0 Å². The van der Waals surface area contributed by atoms with E-state index in [1.54, 1.807) is 28.1 Å². The zero-order valence-electron chi connectivity index (χ0n) is 65.5. The molecule has 0 aliphatic carbocycles. The number of rotatable bonds is 24. The molecule has 0 amide bonds. The molecule has 0 bridgehead atoms. The van der Waals surface area contributed by atoms with E-state index in [-0.39, 0.29) is 40.2 Å². The minimum atomic E-state index is 0. The number of anilines is 6. The average molecular weight is 1860 g/mol. The molecule has 588 valence electrons. The number of fused-ring (bicyclic) bond motifs is 1. The van der Waals surface area contributed by atoms with Crippen LogP contribution < -0.4 is 33.9 Å². The largest absolute Gasteiger partial charge is 0.505 e. The molecule has 0 N–H and O–H groups in total. The summed E-state index contributed by atoms with van der Waals surface area (Å²) in [6, 6.07) is 95.1. The molecule has 17 rings (SSSR count). The number of para-hydroxylation sites is 6. The first kappa shape index (κ1) is 81.9. The molecule has 8 heterocycles. The van der Waals surface area contributed by atoms with Gasteiger partial charge in [0.1, 0.15) is 13.1 Å². The van der Waals surface area contributed by atoms with E-state index in [1.165, 1.54) is 56.7 Å². The van der Waals surface area contributed by atoms with Crippen LogP contribution in [0.25, 0.3) is 22.8 Å². The van der Waals surface area contributed by atoms with Crippen molar-refractivity contribution in [2.24, 2.45) is 14.1 Å². The molecule has 13 aromatic rings. The van der Waals surface area contributed by atoms with Gasteiger partial charge in [0.15, 0.2) is 0 Å². The van der Waals surface area contributed by atoms with Crippen molar-refractivity contribution in [1.29, 1.82) is 0 Å². The van der Waals surface area contributed by atoms with Crippen molar-refractivity contribution < 1.29 is 49.6 Å². The topological polar surface area (TPSA) is 131 Å². The van der Waals surface area contributed by atoms with Gasteiger partial charge < -0.3 is 48.6 Å². The molecule has 0 spiro atoms. The molecular weight excluding hydrogens is 1770 g/mol. The summed E-state index contributed by atoms with van der Waals surface area (Å²) in [6.07, 6.45) is 17.4. The molecule has 20 nitrogen and oxygen atoms in total. The molecule has 2 radical (unpaired) electrons. The predicted octanol–water partition coefficient (Wildman–Crippen LogP) is 15.4. The number of aryl methyl sites for hydroxylation is 2. The molecule has 114 heavy (non-hydrogen) atoms. The summed E-state index contributed by atoms with van der Waals surface area (Å²) < 4.78 is 10.4. The van der Waals surface area contributed by atoms with Gasteiger partial charge in [0.2, 0.25) is 0 Å². The van der Waals surface area contributed by atoms with Crippen molar-refractivity contribution in [2.75, 3.05) is 50.7 Å². The Bertz CT molecular complexity index is 4990. The quantitative estimate of drug-likeness (QED) is 0.0323. The average Bonchev–Trinajstić information content (AvgIpc) is 1.64. The van der Waals surface area contributed by atoms with E-state index in [9.17, 15) is 0 Å². The van der Waals surface area contributed by atoms with Crippen molar-refractivity contribution in [3.63, 3.8) is 0 Å². The zero-order valence-corrected chi connectivity index (χ0v) is 70.3. The first-order chi connectivity index (χ1) is 54.8. The Hall–Kier alpha value is -11.5. The predicted molar refractivity (Wildman–Crippen MR) is 438 cm³/mol. The van der Waals surface area contributed by atoms with Crippen LogP contribution in [0, 0.1) is 75.7 Å². The SMILES string of the molecule is CC1=C(C)N(c2[c-]cccc2)[CH-]N1CCCCN1[CH-]N(c2[c-]cccc2)C(C)=C1C.CC1=C(C)N(c2[c-]cccc2)[CH-]N1CCCCN1[CH-]N(c2[c-]cccc2)c2ccccc21.Cn1n[n+](Cc2ccccc2)[c-]c1-c1[c-]n(Cc2ccccc2)nn1.Cn1n[n+](Cc2ccccc2)[c-]c1-c1[c-]n(Cc2ccccc2)nn1.[Ir].[Ir]. The van der Waals surface area contributed by atoms with Gasteiger partial charge in [-0.1, -0.05) is 157 Å². The van der Waals surface area contributed by atoms with Crippen LogP contribution in [-0.2, 0) is 80.5 Å². The van der Waals surface area contributed by atoms with Gasteiger partial charge in [-0.2, -0.15) is 159 Å². The number of allylic oxidation sites excluding steroid dienone is 6. The molecule has 4 aromatic heterocycles. The summed E-state index contributed by atoms with van der Waals surface area (Å²) in [7, 11) is 3.74. The maximum atomic E-state index is 4.46. The Morgan fingerprint density at radius 2 is 0.623 bits per heavy atom. The van der Waals surface area contributed by atoms with Gasteiger partial charge in [-0.15, -0.1) is 33.2 Å². The number of hydrogen-bond donors (Lipinski definition) is 0. The second-order valence-electron chi connectivity index (χ2n) is 27.7. The third-order valence-corrected chi connectivity index (χ3v) is 20.0. The van der Waals surface area contributed by atoms with Crippen LogP contribution in [0.4, 0.5) is 34.1 Å². The van der Waals surface area contributed by atoms with Crippen LogP contribution in [0.2, 0.25) is 0 Å². The summed E-state index contributed by atoms with van der Waals surface area (Å²) in [6.45, 7) is 28.6. The Morgan fingerprint density at radius 1 is 0.325 bits per heavy atom. The minimum absolute atomic E-state index is 0. The van der Waals surface area contributed by atoms with Gasteiger partial charge >= 0.3 is 0 Å². The maximum Gasteiger partial charge on any atom is 0.116 e. The summed E-state index contributed by atoms with van der Waals surface area (Å²) in [5.74, 6) is 0. The van der Waals surface area contributed by atoms with E-state index in [4.69, 9.17) is 0 Å². The molecule has 0 saturated heterocycles. The van der Waals surface area contributed by atoms with E-state index in [1.807, 2.05) is 135 Å². The Morgan fingerprint density at radius 3 is 0.965 bits per heavy atom. The molecule has 0 saturated carbocycles. The standard InChI is InChI=1S/C28H28N4.C26H30N4.2C19H17N6.2Ir/c1-23-24(2)31(25-13-5-3-6-14-25)21-29(23)19-11-12-20-30-22-32(26-15-7-4-8-16-26)28-18-10-9-17-27(28)30;1-21-23(3)29(25-13-7-5-8-14-25)19-27(21)17-11-12-18-28-20-30(24(4)22(28)2)26-15-9-6-10-16-26;2*1-23-19(15-25(22-23)13-17-10-6-3-7-11-17)18-14-24(21-20-18)12-16-8-4-2-5-9-16;;/h3-10,13,15,17-18,21-22H,11-12,19-20H2,1-2H3;5-10,13,15,19-20H,11-12,17-18H2,1-4H3;2*2-11H,12-13H2,1H3;;/q2*-4;2*-1;;. The fourth-order valence-electron chi connectivity index (χ4n) is 13.6.